The second-order valence-corrected chi connectivity index (χ2v) is 4.91. The highest BCUT2D eigenvalue weighted by atomic mass is 35.5. The van der Waals surface area contributed by atoms with Gasteiger partial charge < -0.3 is 9.67 Å². The van der Waals surface area contributed by atoms with E-state index in [9.17, 15) is 4.79 Å². The average molecular weight is 287 g/mol. The van der Waals surface area contributed by atoms with Crippen molar-refractivity contribution in [2.75, 3.05) is 0 Å². The number of fused-ring (bicyclic) bond motifs is 1. The van der Waals surface area contributed by atoms with Crippen molar-refractivity contribution in [3.8, 4) is 11.4 Å². The Morgan fingerprint density at radius 2 is 2.10 bits per heavy atom. The number of aromatic carboxylic acids is 1. The van der Waals surface area contributed by atoms with Gasteiger partial charge in [-0.15, -0.1) is 0 Å². The summed E-state index contributed by atoms with van der Waals surface area (Å²) >= 11 is 6.21. The number of pyridine rings is 1. The van der Waals surface area contributed by atoms with Gasteiger partial charge in [0.25, 0.3) is 0 Å². The van der Waals surface area contributed by atoms with Crippen LogP contribution in [0.5, 0.6) is 0 Å². The first kappa shape index (κ1) is 12.7. The van der Waals surface area contributed by atoms with Crippen LogP contribution in [0, 0.1) is 0 Å². The minimum Gasteiger partial charge on any atom is -0.478 e. The van der Waals surface area contributed by atoms with Crippen molar-refractivity contribution < 1.29 is 9.90 Å². The van der Waals surface area contributed by atoms with Crippen LogP contribution in [0.1, 0.15) is 10.4 Å². The van der Waals surface area contributed by atoms with Gasteiger partial charge in [-0.2, -0.15) is 0 Å². The van der Waals surface area contributed by atoms with Crippen LogP contribution in [0.2, 0.25) is 5.02 Å². The molecule has 0 amide bonds. The number of carboxylic acids is 1. The van der Waals surface area contributed by atoms with Crippen molar-refractivity contribution in [2.45, 2.75) is 0 Å². The van der Waals surface area contributed by atoms with Crippen molar-refractivity contribution in [3.63, 3.8) is 0 Å². The molecule has 0 atom stereocenters. The van der Waals surface area contributed by atoms with Crippen LogP contribution in [0.3, 0.4) is 0 Å². The summed E-state index contributed by atoms with van der Waals surface area (Å²) in [5, 5.41) is 10.6. The third-order valence-corrected chi connectivity index (χ3v) is 3.58. The van der Waals surface area contributed by atoms with Gasteiger partial charge in [-0.25, -0.2) is 4.79 Å². The third kappa shape index (κ3) is 1.94. The summed E-state index contributed by atoms with van der Waals surface area (Å²) in [6.07, 6.45) is 1.36. The maximum Gasteiger partial charge on any atom is 0.337 e. The van der Waals surface area contributed by atoms with E-state index >= 15 is 0 Å². The van der Waals surface area contributed by atoms with Gasteiger partial charge in [-0.3, -0.25) is 4.98 Å². The molecular formula is C15H11ClN2O2. The summed E-state index contributed by atoms with van der Waals surface area (Å²) in [6, 6.07) is 11.0. The fraction of sp³-hybridized carbons (Fsp3) is 0.0667. The van der Waals surface area contributed by atoms with Crippen molar-refractivity contribution in [2.24, 2.45) is 7.05 Å². The molecule has 1 aromatic carbocycles. The molecule has 0 saturated heterocycles. The number of rotatable bonds is 2. The molecule has 0 spiro atoms. The van der Waals surface area contributed by atoms with Crippen LogP contribution >= 0.6 is 11.6 Å². The average Bonchev–Trinajstić information content (AvgIpc) is 2.77. The highest BCUT2D eigenvalue weighted by Crippen LogP contribution is 2.30. The van der Waals surface area contributed by atoms with Gasteiger partial charge in [0, 0.05) is 18.6 Å². The fourth-order valence-corrected chi connectivity index (χ4v) is 2.59. The second-order valence-electron chi connectivity index (χ2n) is 4.50. The van der Waals surface area contributed by atoms with Crippen LogP contribution in [-0.4, -0.2) is 20.6 Å². The molecule has 3 aromatic rings. The zero-order valence-corrected chi connectivity index (χ0v) is 11.4. The number of benzene rings is 1. The van der Waals surface area contributed by atoms with Gasteiger partial charge in [0.2, 0.25) is 0 Å². The lowest BCUT2D eigenvalue weighted by Crippen LogP contribution is -1.98. The van der Waals surface area contributed by atoms with E-state index in [2.05, 4.69) is 4.98 Å². The van der Waals surface area contributed by atoms with Crippen LogP contribution in [0.25, 0.3) is 22.3 Å². The highest BCUT2D eigenvalue weighted by molar-refractivity contribution is 6.35. The number of aromatic nitrogens is 2. The molecule has 0 radical (unpaired) electrons. The number of nitrogens with zero attached hydrogens (tertiary/aromatic N) is 2. The van der Waals surface area contributed by atoms with E-state index in [4.69, 9.17) is 16.7 Å². The molecule has 0 fully saturated rings. The van der Waals surface area contributed by atoms with E-state index in [1.165, 1.54) is 6.20 Å². The number of halogens is 1. The van der Waals surface area contributed by atoms with E-state index < -0.39 is 5.97 Å². The lowest BCUT2D eigenvalue weighted by molar-refractivity contribution is 0.0696. The Labute approximate surface area is 120 Å². The zero-order chi connectivity index (χ0) is 14.3. The van der Waals surface area contributed by atoms with Crippen LogP contribution in [-0.2, 0) is 7.05 Å². The Morgan fingerprint density at radius 1 is 1.30 bits per heavy atom. The van der Waals surface area contributed by atoms with Crippen molar-refractivity contribution in [1.82, 2.24) is 9.55 Å². The standard InChI is InChI=1S/C15H11ClN2O2/c1-18-13(7-9-3-2-4-11(16)14(9)18)12-6-5-10(8-17-12)15(19)20/h2-8H,1H3,(H,19,20). The molecule has 0 aliphatic rings. The number of carboxylic acid groups (broad SMARTS) is 1. The Balaban J connectivity index is 2.17. The summed E-state index contributed by atoms with van der Waals surface area (Å²) in [5.41, 5.74) is 2.72. The molecule has 0 saturated carbocycles. The summed E-state index contributed by atoms with van der Waals surface area (Å²) in [6.45, 7) is 0. The molecule has 0 bridgehead atoms. The van der Waals surface area contributed by atoms with Gasteiger partial charge in [-0.05, 0) is 24.3 Å². The molecule has 4 nitrogen and oxygen atoms in total. The maximum atomic E-state index is 10.8. The zero-order valence-electron chi connectivity index (χ0n) is 10.7. The summed E-state index contributed by atoms with van der Waals surface area (Å²) < 4.78 is 1.96. The third-order valence-electron chi connectivity index (χ3n) is 3.28. The Bertz CT molecular complexity index is 807. The maximum absolute atomic E-state index is 10.8. The largest absolute Gasteiger partial charge is 0.478 e. The van der Waals surface area contributed by atoms with Crippen LogP contribution in [0.4, 0.5) is 0 Å². The predicted octanol–water partition coefficient (Wildman–Crippen LogP) is 3.59. The summed E-state index contributed by atoms with van der Waals surface area (Å²) in [7, 11) is 1.91. The monoisotopic (exact) mass is 286 g/mol. The lowest BCUT2D eigenvalue weighted by atomic mass is 10.2. The molecule has 0 unspecified atom stereocenters. The van der Waals surface area contributed by atoms with Crippen molar-refractivity contribution in [1.29, 1.82) is 0 Å². The molecule has 1 N–H and O–H groups in total. The Morgan fingerprint density at radius 3 is 2.70 bits per heavy atom. The van der Waals surface area contributed by atoms with E-state index in [1.807, 2.05) is 35.9 Å². The highest BCUT2D eigenvalue weighted by Gasteiger charge is 2.12. The van der Waals surface area contributed by atoms with Gasteiger partial charge in [-0.1, -0.05) is 23.7 Å². The molecule has 5 heteroatoms. The number of hydrogen-bond acceptors (Lipinski definition) is 2. The van der Waals surface area contributed by atoms with Crippen molar-refractivity contribution in [3.05, 3.63) is 53.2 Å². The molecule has 0 aliphatic carbocycles. The molecule has 20 heavy (non-hydrogen) atoms. The molecule has 2 aromatic heterocycles. The molecular weight excluding hydrogens is 276 g/mol. The minimum absolute atomic E-state index is 0.172. The van der Waals surface area contributed by atoms with E-state index in [0.29, 0.717) is 10.7 Å². The first-order chi connectivity index (χ1) is 9.58. The van der Waals surface area contributed by atoms with Gasteiger partial charge in [0.15, 0.2) is 0 Å². The van der Waals surface area contributed by atoms with Gasteiger partial charge in [0.1, 0.15) is 0 Å². The lowest BCUT2D eigenvalue weighted by Gasteiger charge is -2.05. The smallest absolute Gasteiger partial charge is 0.337 e. The van der Waals surface area contributed by atoms with Gasteiger partial charge in [0.05, 0.1) is 27.5 Å². The Kier molecular flexibility index (Phi) is 2.95. The number of para-hydroxylation sites is 1. The topological polar surface area (TPSA) is 55.1 Å². The second kappa shape index (κ2) is 4.65. The van der Waals surface area contributed by atoms with Crippen molar-refractivity contribution >= 4 is 28.5 Å². The van der Waals surface area contributed by atoms with E-state index in [1.54, 1.807) is 12.1 Å². The quantitative estimate of drug-likeness (QED) is 0.783. The molecule has 3 rings (SSSR count). The van der Waals surface area contributed by atoms with Crippen LogP contribution in [0.15, 0.2) is 42.6 Å². The number of hydrogen-bond donors (Lipinski definition) is 1. The van der Waals surface area contributed by atoms with E-state index in [0.717, 1.165) is 16.6 Å². The first-order valence-corrected chi connectivity index (χ1v) is 6.39. The normalized spacial score (nSPS) is 10.9. The van der Waals surface area contributed by atoms with Gasteiger partial charge >= 0.3 is 5.97 Å². The molecule has 2 heterocycles. The SMILES string of the molecule is Cn1c(-c2ccc(C(=O)O)cn2)cc2cccc(Cl)c21. The molecule has 100 valence electrons. The fourth-order valence-electron chi connectivity index (χ4n) is 2.28. The first-order valence-electron chi connectivity index (χ1n) is 6.01. The predicted molar refractivity (Wildman–Crippen MR) is 78.1 cm³/mol. The Hall–Kier alpha value is -2.33. The summed E-state index contributed by atoms with van der Waals surface area (Å²) in [4.78, 5) is 15.0. The molecule has 0 aliphatic heterocycles. The van der Waals surface area contributed by atoms with Crippen LogP contribution < -0.4 is 0 Å². The number of aryl methyl sites for hydroxylation is 1. The summed E-state index contributed by atoms with van der Waals surface area (Å²) in [5.74, 6) is -0.982. The van der Waals surface area contributed by atoms with E-state index in [-0.39, 0.29) is 5.56 Å². The minimum atomic E-state index is -0.982. The number of carbonyl (C=O) groups is 1.